The molecule has 0 saturated carbocycles. The van der Waals surface area contributed by atoms with E-state index in [1.165, 1.54) is 0 Å². The van der Waals surface area contributed by atoms with Gasteiger partial charge in [0.15, 0.2) is 0 Å². The summed E-state index contributed by atoms with van der Waals surface area (Å²) in [5.41, 5.74) is -0.434. The summed E-state index contributed by atoms with van der Waals surface area (Å²) in [7, 11) is 0. The van der Waals surface area contributed by atoms with Crippen LogP contribution in [0.3, 0.4) is 0 Å². The van der Waals surface area contributed by atoms with Gasteiger partial charge in [-0.05, 0) is 53.5 Å². The Morgan fingerprint density at radius 3 is 2.57 bits per heavy atom. The van der Waals surface area contributed by atoms with Crippen molar-refractivity contribution >= 4 is 6.09 Å². The molecule has 5 heteroatoms. The smallest absolute Gasteiger partial charge is 0.410 e. The lowest BCUT2D eigenvalue weighted by atomic mass is 9.99. The zero-order chi connectivity index (χ0) is 16.0. The molecule has 1 aliphatic rings. The second kappa shape index (κ2) is 7.99. The minimum atomic E-state index is -0.434. The first-order valence-corrected chi connectivity index (χ1v) is 8.05. The predicted octanol–water partition coefficient (Wildman–Crippen LogP) is 2.65. The number of likely N-dealkylation sites (N-methyl/N-ethyl adjacent to an activating group) is 1. The van der Waals surface area contributed by atoms with Crippen LogP contribution in [0.5, 0.6) is 0 Å². The maximum absolute atomic E-state index is 12.1. The fourth-order valence-electron chi connectivity index (χ4n) is 2.53. The molecule has 0 aromatic carbocycles. The fourth-order valence-corrected chi connectivity index (χ4v) is 2.53. The fraction of sp³-hybridized carbons (Fsp3) is 0.938. The lowest BCUT2D eigenvalue weighted by Crippen LogP contribution is -2.43. The number of nitrogens with one attached hydrogen (secondary N) is 1. The Bertz CT molecular complexity index is 326. The van der Waals surface area contributed by atoms with Gasteiger partial charge in [0, 0.05) is 19.1 Å². The predicted molar refractivity (Wildman–Crippen MR) is 84.5 cm³/mol. The molecular formula is C16H32N2O3. The number of amides is 1. The van der Waals surface area contributed by atoms with Crippen molar-refractivity contribution in [3.05, 3.63) is 0 Å². The van der Waals surface area contributed by atoms with E-state index in [4.69, 9.17) is 9.47 Å². The molecule has 2 atom stereocenters. The molecule has 1 fully saturated rings. The van der Waals surface area contributed by atoms with E-state index in [0.29, 0.717) is 18.6 Å². The van der Waals surface area contributed by atoms with E-state index in [9.17, 15) is 4.79 Å². The molecule has 124 valence electrons. The van der Waals surface area contributed by atoms with E-state index in [2.05, 4.69) is 12.2 Å². The first kappa shape index (κ1) is 18.2. The number of nitrogens with zero attached hydrogens (tertiary/aromatic N) is 1. The van der Waals surface area contributed by atoms with Gasteiger partial charge in [0.05, 0.1) is 12.7 Å². The second-order valence-electron chi connectivity index (χ2n) is 7.02. The first-order chi connectivity index (χ1) is 9.73. The van der Waals surface area contributed by atoms with Crippen LogP contribution < -0.4 is 5.32 Å². The minimum absolute atomic E-state index is 0.204. The molecule has 1 amide bonds. The van der Waals surface area contributed by atoms with Crippen molar-refractivity contribution < 1.29 is 14.3 Å². The van der Waals surface area contributed by atoms with Crippen LogP contribution in [0.4, 0.5) is 4.79 Å². The molecule has 21 heavy (non-hydrogen) atoms. The van der Waals surface area contributed by atoms with Gasteiger partial charge < -0.3 is 19.7 Å². The van der Waals surface area contributed by atoms with Crippen molar-refractivity contribution in [1.29, 1.82) is 0 Å². The Labute approximate surface area is 129 Å². The molecule has 0 aliphatic carbocycles. The standard InChI is InChI=1S/C16H32N2O3/c1-7-17-14(11-20-12(2)3)13-8-9-18(10-13)15(19)21-16(4,5)6/h12-14,17H,7-11H2,1-6H3. The molecule has 1 heterocycles. The average molecular weight is 300 g/mol. The van der Waals surface area contributed by atoms with E-state index in [1.54, 1.807) is 0 Å². The zero-order valence-electron chi connectivity index (χ0n) is 14.4. The van der Waals surface area contributed by atoms with Crippen molar-refractivity contribution in [1.82, 2.24) is 10.2 Å². The van der Waals surface area contributed by atoms with Crippen LogP contribution in [-0.2, 0) is 9.47 Å². The Morgan fingerprint density at radius 2 is 2.05 bits per heavy atom. The van der Waals surface area contributed by atoms with Crippen molar-refractivity contribution in [2.45, 2.75) is 65.7 Å². The Balaban J connectivity index is 2.51. The number of likely N-dealkylation sites (tertiary alicyclic amines) is 1. The van der Waals surface area contributed by atoms with E-state index in [1.807, 2.05) is 39.5 Å². The summed E-state index contributed by atoms with van der Waals surface area (Å²) < 4.78 is 11.2. The summed E-state index contributed by atoms with van der Waals surface area (Å²) in [4.78, 5) is 13.9. The van der Waals surface area contributed by atoms with Crippen LogP contribution in [-0.4, -0.2) is 55.0 Å². The molecule has 1 rings (SSSR count). The minimum Gasteiger partial charge on any atom is -0.444 e. The van der Waals surface area contributed by atoms with Gasteiger partial charge in [0.25, 0.3) is 0 Å². The number of ether oxygens (including phenoxy) is 2. The highest BCUT2D eigenvalue weighted by Crippen LogP contribution is 2.22. The van der Waals surface area contributed by atoms with Crippen molar-refractivity contribution in [2.75, 3.05) is 26.2 Å². The molecule has 0 spiro atoms. The summed E-state index contributed by atoms with van der Waals surface area (Å²) in [6.07, 6.45) is 1.03. The molecule has 0 bridgehead atoms. The van der Waals surface area contributed by atoms with Gasteiger partial charge >= 0.3 is 6.09 Å². The maximum Gasteiger partial charge on any atom is 0.410 e. The van der Waals surface area contributed by atoms with E-state index < -0.39 is 5.60 Å². The SMILES string of the molecule is CCNC(COC(C)C)C1CCN(C(=O)OC(C)(C)C)C1. The molecule has 1 aliphatic heterocycles. The maximum atomic E-state index is 12.1. The van der Waals surface area contributed by atoms with E-state index >= 15 is 0 Å². The highest BCUT2D eigenvalue weighted by molar-refractivity contribution is 5.68. The van der Waals surface area contributed by atoms with Crippen LogP contribution in [0, 0.1) is 5.92 Å². The van der Waals surface area contributed by atoms with Gasteiger partial charge in [-0.2, -0.15) is 0 Å². The topological polar surface area (TPSA) is 50.8 Å². The van der Waals surface area contributed by atoms with Crippen molar-refractivity contribution in [3.63, 3.8) is 0 Å². The number of carbonyl (C=O) groups is 1. The number of hydrogen-bond donors (Lipinski definition) is 1. The van der Waals surface area contributed by atoms with Crippen LogP contribution in [0.15, 0.2) is 0 Å². The van der Waals surface area contributed by atoms with Crippen LogP contribution in [0.1, 0.15) is 48.0 Å². The van der Waals surface area contributed by atoms with Gasteiger partial charge in [-0.3, -0.25) is 0 Å². The van der Waals surface area contributed by atoms with Crippen molar-refractivity contribution in [3.8, 4) is 0 Å². The second-order valence-corrected chi connectivity index (χ2v) is 7.02. The Kier molecular flexibility index (Phi) is 6.94. The molecule has 5 nitrogen and oxygen atoms in total. The van der Waals surface area contributed by atoms with E-state index in [-0.39, 0.29) is 12.2 Å². The van der Waals surface area contributed by atoms with Gasteiger partial charge in [0.2, 0.25) is 0 Å². The summed E-state index contributed by atoms with van der Waals surface area (Å²) in [5, 5.41) is 3.48. The lowest BCUT2D eigenvalue weighted by molar-refractivity contribution is 0.0262. The summed E-state index contributed by atoms with van der Waals surface area (Å²) in [6.45, 7) is 15.0. The normalized spacial score (nSPS) is 20.9. The van der Waals surface area contributed by atoms with Gasteiger partial charge in [0.1, 0.15) is 5.60 Å². The summed E-state index contributed by atoms with van der Waals surface area (Å²) >= 11 is 0. The average Bonchev–Trinajstić information content (AvgIpc) is 2.81. The number of rotatable bonds is 6. The number of hydrogen-bond acceptors (Lipinski definition) is 4. The first-order valence-electron chi connectivity index (χ1n) is 8.05. The monoisotopic (exact) mass is 300 g/mol. The summed E-state index contributed by atoms with van der Waals surface area (Å²) in [6, 6.07) is 0.296. The largest absolute Gasteiger partial charge is 0.444 e. The third-order valence-corrected chi connectivity index (χ3v) is 3.52. The molecule has 0 aromatic heterocycles. The third-order valence-electron chi connectivity index (χ3n) is 3.52. The van der Waals surface area contributed by atoms with E-state index in [0.717, 1.165) is 26.1 Å². The quantitative estimate of drug-likeness (QED) is 0.819. The molecule has 1 N–H and O–H groups in total. The lowest BCUT2D eigenvalue weighted by Gasteiger charge is -2.27. The highest BCUT2D eigenvalue weighted by atomic mass is 16.6. The Morgan fingerprint density at radius 1 is 1.38 bits per heavy atom. The highest BCUT2D eigenvalue weighted by Gasteiger charge is 2.33. The van der Waals surface area contributed by atoms with Gasteiger partial charge in [-0.25, -0.2) is 4.79 Å². The molecular weight excluding hydrogens is 268 g/mol. The van der Waals surface area contributed by atoms with Gasteiger partial charge in [-0.1, -0.05) is 6.92 Å². The molecule has 1 saturated heterocycles. The zero-order valence-corrected chi connectivity index (χ0v) is 14.4. The molecule has 0 aromatic rings. The van der Waals surface area contributed by atoms with Crippen LogP contribution in [0.2, 0.25) is 0 Å². The van der Waals surface area contributed by atoms with Crippen LogP contribution in [0.25, 0.3) is 0 Å². The third kappa shape index (κ3) is 6.66. The Hall–Kier alpha value is -0.810. The summed E-state index contributed by atoms with van der Waals surface area (Å²) in [5.74, 6) is 0.427. The van der Waals surface area contributed by atoms with Crippen LogP contribution >= 0.6 is 0 Å². The van der Waals surface area contributed by atoms with Gasteiger partial charge in [-0.15, -0.1) is 0 Å². The van der Waals surface area contributed by atoms with Crippen molar-refractivity contribution in [2.24, 2.45) is 5.92 Å². The molecule has 2 unspecified atom stereocenters. The number of carbonyl (C=O) groups excluding carboxylic acids is 1. The molecule has 0 radical (unpaired) electrons.